The van der Waals surface area contributed by atoms with Crippen molar-refractivity contribution in [2.45, 2.75) is 46.2 Å². The van der Waals surface area contributed by atoms with E-state index < -0.39 is 0 Å². The van der Waals surface area contributed by atoms with Gasteiger partial charge in [0.1, 0.15) is 5.82 Å². The number of aliphatic hydroxyl groups excluding tert-OH is 1. The Labute approximate surface area is 120 Å². The fourth-order valence-corrected chi connectivity index (χ4v) is 1.99. The Morgan fingerprint density at radius 2 is 2.15 bits per heavy atom. The first-order valence-corrected chi connectivity index (χ1v) is 7.14. The maximum absolute atomic E-state index is 12.1. The van der Waals surface area contributed by atoms with Crippen LogP contribution in [0.1, 0.15) is 40.2 Å². The third kappa shape index (κ3) is 4.94. The molecule has 0 aromatic carbocycles. The quantitative estimate of drug-likeness (QED) is 0.758. The monoisotopic (exact) mass is 282 g/mol. The first-order chi connectivity index (χ1) is 9.45. The molecule has 6 heteroatoms. The average Bonchev–Trinajstić information content (AvgIpc) is 2.82. The predicted octanol–water partition coefficient (Wildman–Crippen LogP) is 1.50. The van der Waals surface area contributed by atoms with Crippen molar-refractivity contribution >= 4 is 11.7 Å². The number of anilines is 1. The predicted molar refractivity (Wildman–Crippen MR) is 79.7 cm³/mol. The fourth-order valence-electron chi connectivity index (χ4n) is 1.99. The summed E-state index contributed by atoms with van der Waals surface area (Å²) >= 11 is 0. The van der Waals surface area contributed by atoms with E-state index in [1.807, 2.05) is 32.6 Å². The summed E-state index contributed by atoms with van der Waals surface area (Å²) < 4.78 is 1.78. The highest BCUT2D eigenvalue weighted by Crippen LogP contribution is 2.13. The van der Waals surface area contributed by atoms with Crippen molar-refractivity contribution in [3.8, 4) is 0 Å². The number of aliphatic hydroxyl groups is 1. The van der Waals surface area contributed by atoms with Crippen LogP contribution in [-0.4, -0.2) is 51.4 Å². The van der Waals surface area contributed by atoms with E-state index in [0.29, 0.717) is 19.5 Å². The number of carbonyl (C=O) groups is 1. The van der Waals surface area contributed by atoms with Gasteiger partial charge in [0.15, 0.2) is 0 Å². The summed E-state index contributed by atoms with van der Waals surface area (Å²) in [5.74, 6) is 0.662. The van der Waals surface area contributed by atoms with Gasteiger partial charge < -0.3 is 10.4 Å². The highest BCUT2D eigenvalue weighted by molar-refractivity contribution is 5.91. The maximum atomic E-state index is 12.1. The summed E-state index contributed by atoms with van der Waals surface area (Å²) in [6.45, 7) is 9.30. The summed E-state index contributed by atoms with van der Waals surface area (Å²) in [5.41, 5.74) is 0. The van der Waals surface area contributed by atoms with Gasteiger partial charge in [0.2, 0.25) is 5.91 Å². The molecule has 0 aliphatic rings. The molecule has 0 aliphatic heterocycles. The van der Waals surface area contributed by atoms with Crippen molar-refractivity contribution in [3.05, 3.63) is 12.3 Å². The van der Waals surface area contributed by atoms with E-state index >= 15 is 0 Å². The summed E-state index contributed by atoms with van der Waals surface area (Å²) in [6, 6.07) is 2.27. The molecule has 0 saturated heterocycles. The molecule has 1 heterocycles. The van der Waals surface area contributed by atoms with Crippen LogP contribution in [0.3, 0.4) is 0 Å². The second-order valence-electron chi connectivity index (χ2n) is 5.44. The Balaban J connectivity index is 2.59. The Morgan fingerprint density at radius 3 is 2.70 bits per heavy atom. The molecule has 0 unspecified atom stereocenters. The van der Waals surface area contributed by atoms with Crippen LogP contribution < -0.4 is 5.32 Å². The van der Waals surface area contributed by atoms with Crippen molar-refractivity contribution in [3.63, 3.8) is 0 Å². The van der Waals surface area contributed by atoms with Crippen LogP contribution in [0.2, 0.25) is 0 Å². The fraction of sp³-hybridized carbons (Fsp3) is 0.714. The van der Waals surface area contributed by atoms with Crippen LogP contribution >= 0.6 is 0 Å². The first kappa shape index (κ1) is 16.7. The van der Waals surface area contributed by atoms with Crippen LogP contribution in [-0.2, 0) is 4.79 Å². The van der Waals surface area contributed by atoms with Gasteiger partial charge >= 0.3 is 0 Å². The normalized spacial score (nSPS) is 11.6. The molecule has 0 aliphatic carbocycles. The molecule has 0 fully saturated rings. The number of carbonyl (C=O) groups excluding carboxylic acids is 1. The van der Waals surface area contributed by atoms with Crippen LogP contribution in [0.25, 0.3) is 0 Å². The van der Waals surface area contributed by atoms with Gasteiger partial charge in [-0.3, -0.25) is 9.69 Å². The molecule has 1 aromatic heterocycles. The Morgan fingerprint density at radius 1 is 1.45 bits per heavy atom. The molecule has 0 atom stereocenters. The van der Waals surface area contributed by atoms with Crippen LogP contribution in [0.4, 0.5) is 5.82 Å². The van der Waals surface area contributed by atoms with Gasteiger partial charge in [-0.1, -0.05) is 0 Å². The van der Waals surface area contributed by atoms with Gasteiger partial charge in [0.05, 0.1) is 12.7 Å². The Hall–Kier alpha value is -1.40. The molecule has 0 saturated carbocycles. The van der Waals surface area contributed by atoms with Gasteiger partial charge in [0, 0.05) is 31.3 Å². The topological polar surface area (TPSA) is 70.4 Å². The van der Waals surface area contributed by atoms with E-state index in [4.69, 9.17) is 5.11 Å². The molecule has 1 aromatic rings. The van der Waals surface area contributed by atoms with Crippen molar-refractivity contribution in [2.24, 2.45) is 0 Å². The lowest BCUT2D eigenvalue weighted by Crippen LogP contribution is -2.39. The third-order valence-electron chi connectivity index (χ3n) is 3.11. The van der Waals surface area contributed by atoms with Crippen molar-refractivity contribution in [2.75, 3.05) is 25.0 Å². The van der Waals surface area contributed by atoms with Crippen LogP contribution in [0.5, 0.6) is 0 Å². The van der Waals surface area contributed by atoms with E-state index in [1.165, 1.54) is 0 Å². The lowest BCUT2D eigenvalue weighted by atomic mass is 10.3. The van der Waals surface area contributed by atoms with Gasteiger partial charge in [0.25, 0.3) is 0 Å². The zero-order valence-corrected chi connectivity index (χ0v) is 12.8. The van der Waals surface area contributed by atoms with E-state index in [-0.39, 0.29) is 24.6 Å². The van der Waals surface area contributed by atoms with Crippen molar-refractivity contribution in [1.82, 2.24) is 14.7 Å². The second kappa shape index (κ2) is 8.01. The average molecular weight is 282 g/mol. The molecule has 1 amide bonds. The maximum Gasteiger partial charge on any atom is 0.239 e. The van der Waals surface area contributed by atoms with Crippen molar-refractivity contribution < 1.29 is 9.90 Å². The second-order valence-corrected chi connectivity index (χ2v) is 5.44. The van der Waals surface area contributed by atoms with Gasteiger partial charge in [-0.15, -0.1) is 0 Å². The molecule has 2 N–H and O–H groups in total. The number of nitrogens with one attached hydrogen (secondary N) is 1. The molecule has 0 bridgehead atoms. The number of aromatic nitrogens is 2. The minimum Gasteiger partial charge on any atom is -0.396 e. The highest BCUT2D eigenvalue weighted by Gasteiger charge is 2.15. The number of rotatable bonds is 8. The summed E-state index contributed by atoms with van der Waals surface area (Å²) in [5, 5.41) is 16.0. The molecule has 0 spiro atoms. The van der Waals surface area contributed by atoms with Crippen molar-refractivity contribution in [1.29, 1.82) is 0 Å². The van der Waals surface area contributed by atoms with E-state index in [9.17, 15) is 4.79 Å². The lowest BCUT2D eigenvalue weighted by Gasteiger charge is -2.25. The number of nitrogens with zero attached hydrogens (tertiary/aromatic N) is 3. The van der Waals surface area contributed by atoms with E-state index in [2.05, 4.69) is 10.4 Å². The number of hydrogen-bond acceptors (Lipinski definition) is 4. The standard InChI is InChI=1S/C14H26N4O2/c1-11(2)17(8-5-9-19)10-14(20)16-13-6-7-15-18(13)12(3)4/h6-7,11-12,19H,5,8-10H2,1-4H3,(H,16,20). The summed E-state index contributed by atoms with van der Waals surface area (Å²) in [4.78, 5) is 14.2. The molecule has 114 valence electrons. The molecule has 1 rings (SSSR count). The molecule has 6 nitrogen and oxygen atoms in total. The Kier molecular flexibility index (Phi) is 6.67. The minimum absolute atomic E-state index is 0.0564. The smallest absolute Gasteiger partial charge is 0.239 e. The van der Waals surface area contributed by atoms with Gasteiger partial charge in [-0.2, -0.15) is 5.10 Å². The zero-order chi connectivity index (χ0) is 15.1. The molecular formula is C14H26N4O2. The molecular weight excluding hydrogens is 256 g/mol. The zero-order valence-electron chi connectivity index (χ0n) is 12.8. The van der Waals surface area contributed by atoms with Crippen LogP contribution in [0, 0.1) is 0 Å². The SMILES string of the molecule is CC(C)N(CCCO)CC(=O)Nc1ccnn1C(C)C. The summed E-state index contributed by atoms with van der Waals surface area (Å²) in [6.07, 6.45) is 2.36. The van der Waals surface area contributed by atoms with Gasteiger partial charge in [-0.05, 0) is 34.1 Å². The molecule has 0 radical (unpaired) electrons. The lowest BCUT2D eigenvalue weighted by molar-refractivity contribution is -0.117. The minimum atomic E-state index is -0.0564. The first-order valence-electron chi connectivity index (χ1n) is 7.14. The largest absolute Gasteiger partial charge is 0.396 e. The highest BCUT2D eigenvalue weighted by atomic mass is 16.3. The summed E-state index contributed by atoms with van der Waals surface area (Å²) in [7, 11) is 0. The number of amides is 1. The van der Waals surface area contributed by atoms with Crippen LogP contribution in [0.15, 0.2) is 12.3 Å². The Bertz CT molecular complexity index is 415. The third-order valence-corrected chi connectivity index (χ3v) is 3.11. The number of hydrogen-bond donors (Lipinski definition) is 2. The van der Waals surface area contributed by atoms with E-state index in [0.717, 1.165) is 5.82 Å². The molecule has 20 heavy (non-hydrogen) atoms. The van der Waals surface area contributed by atoms with E-state index in [1.54, 1.807) is 16.9 Å². The van der Waals surface area contributed by atoms with Gasteiger partial charge in [-0.25, -0.2) is 4.68 Å².